The van der Waals surface area contributed by atoms with Crippen LogP contribution in [0, 0.1) is 0 Å². The summed E-state index contributed by atoms with van der Waals surface area (Å²) in [6.07, 6.45) is 0. The molecule has 1 aliphatic rings. The molecular weight excluding hydrogens is 246 g/mol. The molecule has 5 nitrogen and oxygen atoms in total. The molecule has 0 saturated heterocycles. The van der Waals surface area contributed by atoms with E-state index in [0.717, 1.165) is 10.4 Å². The maximum absolute atomic E-state index is 12.2. The zero-order valence-electron chi connectivity index (χ0n) is 10.2. The minimum absolute atomic E-state index is 0.142. The molecule has 1 aliphatic heterocycles. The van der Waals surface area contributed by atoms with Crippen molar-refractivity contribution >= 4 is 22.6 Å². The second-order valence-electron chi connectivity index (χ2n) is 4.25. The summed E-state index contributed by atoms with van der Waals surface area (Å²) in [5.74, 6) is -0.971. The first kappa shape index (κ1) is 11.8. The van der Waals surface area contributed by atoms with Gasteiger partial charge in [0.1, 0.15) is 0 Å². The largest absolute Gasteiger partial charge is 0.392 e. The molecule has 1 heterocycles. The Kier molecular flexibility index (Phi) is 2.58. The lowest BCUT2D eigenvalue weighted by Crippen LogP contribution is -2.39. The first-order chi connectivity index (χ1) is 9.19. The number of hydrogen-bond donors (Lipinski definition) is 1. The third kappa shape index (κ3) is 1.49. The Balaban J connectivity index is 2.42. The highest BCUT2D eigenvalue weighted by atomic mass is 16.7. The van der Waals surface area contributed by atoms with E-state index < -0.39 is 11.8 Å². The molecule has 3 rings (SSSR count). The van der Waals surface area contributed by atoms with E-state index in [1.54, 1.807) is 30.3 Å². The molecule has 0 atom stereocenters. The molecule has 5 heteroatoms. The molecule has 0 bridgehead atoms. The van der Waals surface area contributed by atoms with Crippen molar-refractivity contribution in [3.05, 3.63) is 47.0 Å². The maximum atomic E-state index is 12.2. The van der Waals surface area contributed by atoms with E-state index in [1.165, 1.54) is 7.11 Å². The number of nitrogens with zero attached hydrogens (tertiary/aromatic N) is 1. The number of benzene rings is 2. The molecule has 0 aromatic heterocycles. The molecule has 19 heavy (non-hydrogen) atoms. The maximum Gasteiger partial charge on any atom is 0.285 e. The number of aliphatic hydroxyl groups excluding tert-OH is 1. The van der Waals surface area contributed by atoms with Gasteiger partial charge < -0.3 is 5.11 Å². The van der Waals surface area contributed by atoms with Gasteiger partial charge in [-0.1, -0.05) is 18.2 Å². The van der Waals surface area contributed by atoms with E-state index in [1.807, 2.05) is 0 Å². The predicted octanol–water partition coefficient (Wildman–Crippen LogP) is 1.49. The lowest BCUT2D eigenvalue weighted by Gasteiger charge is -2.25. The predicted molar refractivity (Wildman–Crippen MR) is 67.4 cm³/mol. The van der Waals surface area contributed by atoms with Gasteiger partial charge in [0.2, 0.25) is 0 Å². The standard InChI is InChI=1S/C14H11NO4/c1-19-15-13(17)10-4-2-3-9-8(7-16)5-6-11(12(9)10)14(15)18/h2-6,16H,7H2,1H3. The second kappa shape index (κ2) is 4.15. The molecule has 0 spiro atoms. The summed E-state index contributed by atoms with van der Waals surface area (Å²) < 4.78 is 0. The number of rotatable bonds is 2. The van der Waals surface area contributed by atoms with Gasteiger partial charge in [0.15, 0.2) is 0 Å². The Morgan fingerprint density at radius 3 is 2.42 bits per heavy atom. The Morgan fingerprint density at radius 2 is 1.79 bits per heavy atom. The van der Waals surface area contributed by atoms with Gasteiger partial charge in [-0.2, -0.15) is 0 Å². The fraction of sp³-hybridized carbons (Fsp3) is 0.143. The van der Waals surface area contributed by atoms with Crippen molar-refractivity contribution < 1.29 is 19.5 Å². The number of hydrogen-bond acceptors (Lipinski definition) is 4. The lowest BCUT2D eigenvalue weighted by molar-refractivity contribution is -0.0689. The van der Waals surface area contributed by atoms with Crippen LogP contribution in [0.2, 0.25) is 0 Å². The smallest absolute Gasteiger partial charge is 0.285 e. The van der Waals surface area contributed by atoms with Crippen LogP contribution in [-0.4, -0.2) is 29.1 Å². The van der Waals surface area contributed by atoms with Gasteiger partial charge in [-0.25, -0.2) is 0 Å². The highest BCUT2D eigenvalue weighted by Crippen LogP contribution is 2.32. The van der Waals surface area contributed by atoms with E-state index in [-0.39, 0.29) is 6.61 Å². The van der Waals surface area contributed by atoms with Crippen molar-refractivity contribution in [2.24, 2.45) is 0 Å². The van der Waals surface area contributed by atoms with Crippen LogP contribution in [-0.2, 0) is 11.4 Å². The van der Waals surface area contributed by atoms with Crippen molar-refractivity contribution in [2.45, 2.75) is 6.61 Å². The van der Waals surface area contributed by atoms with Crippen LogP contribution in [0.3, 0.4) is 0 Å². The SMILES string of the molecule is CON1C(=O)c2cccc3c(CO)ccc(c23)C1=O. The van der Waals surface area contributed by atoms with E-state index >= 15 is 0 Å². The zero-order valence-corrected chi connectivity index (χ0v) is 10.2. The van der Waals surface area contributed by atoms with E-state index in [9.17, 15) is 14.7 Å². The van der Waals surface area contributed by atoms with Crippen molar-refractivity contribution in [3.8, 4) is 0 Å². The van der Waals surface area contributed by atoms with Crippen LogP contribution in [0.1, 0.15) is 26.3 Å². The summed E-state index contributed by atoms with van der Waals surface area (Å²) in [5, 5.41) is 11.4. The molecule has 0 aliphatic carbocycles. The zero-order chi connectivity index (χ0) is 13.6. The third-order valence-electron chi connectivity index (χ3n) is 3.31. The molecule has 2 aromatic carbocycles. The van der Waals surface area contributed by atoms with Crippen LogP contribution in [0.25, 0.3) is 10.8 Å². The van der Waals surface area contributed by atoms with Crippen molar-refractivity contribution in [2.75, 3.05) is 7.11 Å². The number of amides is 2. The molecule has 0 unspecified atom stereocenters. The van der Waals surface area contributed by atoms with Crippen LogP contribution in [0.15, 0.2) is 30.3 Å². The number of imide groups is 1. The van der Waals surface area contributed by atoms with Gasteiger partial charge in [0.25, 0.3) is 11.8 Å². The first-order valence-electron chi connectivity index (χ1n) is 5.77. The Hall–Kier alpha value is -2.24. The average Bonchev–Trinajstić information content (AvgIpc) is 2.44. The molecule has 2 aromatic rings. The monoisotopic (exact) mass is 257 g/mol. The molecule has 1 N–H and O–H groups in total. The van der Waals surface area contributed by atoms with Crippen molar-refractivity contribution in [3.63, 3.8) is 0 Å². The quantitative estimate of drug-likeness (QED) is 0.828. The third-order valence-corrected chi connectivity index (χ3v) is 3.31. The summed E-state index contributed by atoms with van der Waals surface area (Å²) in [5.41, 5.74) is 1.50. The van der Waals surface area contributed by atoms with E-state index in [2.05, 4.69) is 0 Å². The van der Waals surface area contributed by atoms with Crippen LogP contribution >= 0.6 is 0 Å². The summed E-state index contributed by atoms with van der Waals surface area (Å²) in [6.45, 7) is -0.142. The van der Waals surface area contributed by atoms with Crippen LogP contribution in [0.5, 0.6) is 0 Å². The Labute approximate surface area is 109 Å². The highest BCUT2D eigenvalue weighted by molar-refractivity contribution is 6.25. The van der Waals surface area contributed by atoms with Gasteiger partial charge >= 0.3 is 0 Å². The molecule has 0 saturated carbocycles. The fourth-order valence-electron chi connectivity index (χ4n) is 2.44. The number of aliphatic hydroxyl groups is 1. The normalized spacial score (nSPS) is 14.3. The average molecular weight is 257 g/mol. The van der Waals surface area contributed by atoms with Gasteiger partial charge in [-0.05, 0) is 23.1 Å². The lowest BCUT2D eigenvalue weighted by atomic mass is 9.92. The van der Waals surface area contributed by atoms with Gasteiger partial charge in [0, 0.05) is 5.39 Å². The topological polar surface area (TPSA) is 66.8 Å². The Morgan fingerprint density at radius 1 is 1.11 bits per heavy atom. The van der Waals surface area contributed by atoms with Crippen molar-refractivity contribution in [1.29, 1.82) is 0 Å². The number of carbonyl (C=O) groups is 2. The molecule has 96 valence electrons. The first-order valence-corrected chi connectivity index (χ1v) is 5.77. The van der Waals surface area contributed by atoms with Gasteiger partial charge in [-0.15, -0.1) is 5.06 Å². The fourth-order valence-corrected chi connectivity index (χ4v) is 2.44. The summed E-state index contributed by atoms with van der Waals surface area (Å²) in [4.78, 5) is 29.2. The molecule has 2 amide bonds. The minimum atomic E-state index is -0.485. The van der Waals surface area contributed by atoms with Gasteiger partial charge in [0.05, 0.1) is 24.8 Å². The van der Waals surface area contributed by atoms with Crippen molar-refractivity contribution in [1.82, 2.24) is 5.06 Å². The van der Waals surface area contributed by atoms with E-state index in [0.29, 0.717) is 22.1 Å². The summed E-state index contributed by atoms with van der Waals surface area (Å²) in [6, 6.07) is 8.45. The molecule has 0 radical (unpaired) electrons. The van der Waals surface area contributed by atoms with Crippen LogP contribution in [0.4, 0.5) is 0 Å². The summed E-state index contributed by atoms with van der Waals surface area (Å²) in [7, 11) is 1.28. The van der Waals surface area contributed by atoms with Gasteiger partial charge in [-0.3, -0.25) is 14.4 Å². The van der Waals surface area contributed by atoms with Crippen LogP contribution < -0.4 is 0 Å². The second-order valence-corrected chi connectivity index (χ2v) is 4.25. The minimum Gasteiger partial charge on any atom is -0.392 e. The molecular formula is C14H11NO4. The number of hydroxylamine groups is 2. The Bertz CT molecular complexity index is 686. The highest BCUT2D eigenvalue weighted by Gasteiger charge is 2.33. The molecule has 0 fully saturated rings. The van der Waals surface area contributed by atoms with E-state index in [4.69, 9.17) is 4.84 Å². The summed E-state index contributed by atoms with van der Waals surface area (Å²) >= 11 is 0. The number of carbonyl (C=O) groups excluding carboxylic acids is 2.